The van der Waals surface area contributed by atoms with Gasteiger partial charge in [-0.25, -0.2) is 0 Å². The number of nitrogens with one attached hydrogen (secondary N) is 1. The fourth-order valence-electron chi connectivity index (χ4n) is 1.43. The van der Waals surface area contributed by atoms with Gasteiger partial charge in [0.1, 0.15) is 6.61 Å². The van der Waals surface area contributed by atoms with Crippen molar-refractivity contribution in [2.75, 3.05) is 13.7 Å². The first kappa shape index (κ1) is 14.4. The molecule has 3 heteroatoms. The molecule has 98 valence electrons. The third kappa shape index (κ3) is 4.68. The maximum Gasteiger partial charge on any atom is 0.162 e. The summed E-state index contributed by atoms with van der Waals surface area (Å²) in [7, 11) is 1.62. The summed E-state index contributed by atoms with van der Waals surface area (Å²) in [5.74, 6) is 3.82. The van der Waals surface area contributed by atoms with Crippen LogP contribution in [-0.4, -0.2) is 19.3 Å². The van der Waals surface area contributed by atoms with Crippen LogP contribution in [0.1, 0.15) is 26.3 Å². The highest BCUT2D eigenvalue weighted by molar-refractivity contribution is 5.43. The molecule has 0 atom stereocenters. The van der Waals surface area contributed by atoms with Gasteiger partial charge in [-0.15, -0.1) is 6.42 Å². The van der Waals surface area contributed by atoms with Gasteiger partial charge in [0, 0.05) is 12.1 Å². The zero-order chi connectivity index (χ0) is 13.6. The van der Waals surface area contributed by atoms with Gasteiger partial charge in [-0.3, -0.25) is 0 Å². The lowest BCUT2D eigenvalue weighted by Gasteiger charge is -2.21. The molecular weight excluding hydrogens is 226 g/mol. The Labute approximate surface area is 109 Å². The first-order chi connectivity index (χ1) is 8.46. The average Bonchev–Trinajstić information content (AvgIpc) is 2.33. The van der Waals surface area contributed by atoms with Crippen LogP contribution in [0, 0.1) is 12.3 Å². The molecular formula is C15H21NO2. The van der Waals surface area contributed by atoms with E-state index >= 15 is 0 Å². The van der Waals surface area contributed by atoms with Crippen LogP contribution in [-0.2, 0) is 6.54 Å². The molecule has 0 saturated heterocycles. The molecule has 1 aromatic carbocycles. The highest BCUT2D eigenvalue weighted by atomic mass is 16.5. The predicted octanol–water partition coefficient (Wildman–Crippen LogP) is 2.60. The zero-order valence-electron chi connectivity index (χ0n) is 11.5. The fourth-order valence-corrected chi connectivity index (χ4v) is 1.43. The van der Waals surface area contributed by atoms with E-state index in [-0.39, 0.29) is 12.1 Å². The van der Waals surface area contributed by atoms with Gasteiger partial charge >= 0.3 is 0 Å². The number of hydrogen-bond donors (Lipinski definition) is 1. The van der Waals surface area contributed by atoms with E-state index < -0.39 is 0 Å². The predicted molar refractivity (Wildman–Crippen MR) is 73.9 cm³/mol. The Hall–Kier alpha value is -1.66. The van der Waals surface area contributed by atoms with Gasteiger partial charge in [0.2, 0.25) is 0 Å². The summed E-state index contributed by atoms with van der Waals surface area (Å²) in [6.07, 6.45) is 5.17. The van der Waals surface area contributed by atoms with E-state index in [2.05, 4.69) is 32.0 Å². The third-order valence-electron chi connectivity index (χ3n) is 2.36. The van der Waals surface area contributed by atoms with Crippen LogP contribution in [0.5, 0.6) is 11.5 Å². The highest BCUT2D eigenvalue weighted by Crippen LogP contribution is 2.28. The summed E-state index contributed by atoms with van der Waals surface area (Å²) in [6, 6.07) is 5.85. The molecule has 1 N–H and O–H groups in total. The lowest BCUT2D eigenvalue weighted by atomic mass is 10.1. The summed E-state index contributed by atoms with van der Waals surface area (Å²) in [4.78, 5) is 0. The Morgan fingerprint density at radius 1 is 1.28 bits per heavy atom. The van der Waals surface area contributed by atoms with Crippen molar-refractivity contribution in [3.05, 3.63) is 23.8 Å². The Morgan fingerprint density at radius 2 is 2.00 bits per heavy atom. The van der Waals surface area contributed by atoms with E-state index in [9.17, 15) is 0 Å². The molecule has 0 unspecified atom stereocenters. The van der Waals surface area contributed by atoms with Gasteiger partial charge in [-0.2, -0.15) is 0 Å². The van der Waals surface area contributed by atoms with Crippen LogP contribution in [0.4, 0.5) is 0 Å². The summed E-state index contributed by atoms with van der Waals surface area (Å²) < 4.78 is 10.7. The van der Waals surface area contributed by atoms with Crippen molar-refractivity contribution < 1.29 is 9.47 Å². The van der Waals surface area contributed by atoms with E-state index in [1.54, 1.807) is 7.11 Å². The van der Waals surface area contributed by atoms with Crippen molar-refractivity contribution >= 4 is 0 Å². The number of hydrogen-bond acceptors (Lipinski definition) is 3. The van der Waals surface area contributed by atoms with Crippen LogP contribution < -0.4 is 14.8 Å². The first-order valence-corrected chi connectivity index (χ1v) is 5.94. The summed E-state index contributed by atoms with van der Waals surface area (Å²) in [6.45, 7) is 7.43. The third-order valence-corrected chi connectivity index (χ3v) is 2.36. The Morgan fingerprint density at radius 3 is 2.56 bits per heavy atom. The fraction of sp³-hybridized carbons (Fsp3) is 0.467. The maximum atomic E-state index is 5.40. The second kappa shape index (κ2) is 6.32. The van der Waals surface area contributed by atoms with Crippen LogP contribution in [0.2, 0.25) is 0 Å². The average molecular weight is 247 g/mol. The smallest absolute Gasteiger partial charge is 0.162 e. The lowest BCUT2D eigenvalue weighted by Crippen LogP contribution is -2.35. The number of benzene rings is 1. The minimum Gasteiger partial charge on any atom is -0.493 e. The number of terminal acetylenes is 1. The van der Waals surface area contributed by atoms with E-state index in [0.717, 1.165) is 12.1 Å². The largest absolute Gasteiger partial charge is 0.493 e. The Balaban J connectivity index is 2.76. The van der Waals surface area contributed by atoms with Crippen molar-refractivity contribution in [3.63, 3.8) is 0 Å². The molecule has 0 aliphatic heterocycles. The molecule has 3 nitrogen and oxygen atoms in total. The maximum absolute atomic E-state index is 5.40. The van der Waals surface area contributed by atoms with Gasteiger partial charge in [0.25, 0.3) is 0 Å². The molecule has 0 amide bonds. The van der Waals surface area contributed by atoms with E-state index in [1.165, 1.54) is 0 Å². The van der Waals surface area contributed by atoms with Crippen molar-refractivity contribution in [1.29, 1.82) is 0 Å². The zero-order valence-corrected chi connectivity index (χ0v) is 11.5. The molecule has 0 bridgehead atoms. The van der Waals surface area contributed by atoms with Crippen LogP contribution in [0.3, 0.4) is 0 Å². The Bertz CT molecular complexity index is 427. The second-order valence-corrected chi connectivity index (χ2v) is 5.08. The van der Waals surface area contributed by atoms with Gasteiger partial charge in [-0.1, -0.05) is 12.0 Å². The second-order valence-electron chi connectivity index (χ2n) is 5.08. The van der Waals surface area contributed by atoms with Crippen LogP contribution in [0.25, 0.3) is 0 Å². The molecule has 0 fully saturated rings. The van der Waals surface area contributed by atoms with Crippen LogP contribution >= 0.6 is 0 Å². The van der Waals surface area contributed by atoms with Crippen molar-refractivity contribution in [1.82, 2.24) is 5.32 Å². The molecule has 0 saturated carbocycles. The van der Waals surface area contributed by atoms with Crippen molar-refractivity contribution in [2.24, 2.45) is 0 Å². The number of rotatable bonds is 5. The van der Waals surface area contributed by atoms with E-state index in [4.69, 9.17) is 15.9 Å². The molecule has 0 aliphatic carbocycles. The highest BCUT2D eigenvalue weighted by Gasteiger charge is 2.10. The Kier molecular flexibility index (Phi) is 5.06. The van der Waals surface area contributed by atoms with E-state index in [0.29, 0.717) is 11.5 Å². The first-order valence-electron chi connectivity index (χ1n) is 5.94. The van der Waals surface area contributed by atoms with Crippen LogP contribution in [0.15, 0.2) is 18.2 Å². The van der Waals surface area contributed by atoms with Gasteiger partial charge in [0.05, 0.1) is 7.11 Å². The lowest BCUT2D eigenvalue weighted by molar-refractivity contribution is 0.330. The monoisotopic (exact) mass is 247 g/mol. The SMILES string of the molecule is C#CCOc1ccc(CNC(C)(C)C)cc1OC. The topological polar surface area (TPSA) is 30.5 Å². The van der Waals surface area contributed by atoms with Crippen molar-refractivity contribution in [2.45, 2.75) is 32.9 Å². The van der Waals surface area contributed by atoms with Gasteiger partial charge in [-0.05, 0) is 38.5 Å². The molecule has 0 spiro atoms. The molecule has 18 heavy (non-hydrogen) atoms. The minimum atomic E-state index is 0.0892. The molecule has 0 aromatic heterocycles. The van der Waals surface area contributed by atoms with E-state index in [1.807, 2.05) is 18.2 Å². The summed E-state index contributed by atoms with van der Waals surface area (Å²) in [5, 5.41) is 3.42. The molecule has 0 heterocycles. The number of ether oxygens (including phenoxy) is 2. The van der Waals surface area contributed by atoms with Gasteiger partial charge in [0.15, 0.2) is 11.5 Å². The summed E-state index contributed by atoms with van der Waals surface area (Å²) in [5.41, 5.74) is 1.24. The number of methoxy groups -OCH3 is 1. The molecule has 0 aliphatic rings. The summed E-state index contributed by atoms with van der Waals surface area (Å²) >= 11 is 0. The quantitative estimate of drug-likeness (QED) is 0.811. The minimum absolute atomic E-state index is 0.0892. The molecule has 0 radical (unpaired) electrons. The molecule has 1 rings (SSSR count). The molecule has 1 aromatic rings. The van der Waals surface area contributed by atoms with Gasteiger partial charge < -0.3 is 14.8 Å². The van der Waals surface area contributed by atoms with Crippen molar-refractivity contribution in [3.8, 4) is 23.8 Å². The standard InChI is InChI=1S/C15H21NO2/c1-6-9-18-13-8-7-12(10-14(13)17-5)11-16-15(2,3)4/h1,7-8,10,16H,9,11H2,2-5H3. The normalized spacial score (nSPS) is 10.8.